The van der Waals surface area contributed by atoms with E-state index >= 15 is 0 Å². The van der Waals surface area contributed by atoms with Crippen molar-refractivity contribution in [1.82, 2.24) is 9.62 Å². The summed E-state index contributed by atoms with van der Waals surface area (Å²) in [7, 11) is -3.68. The first-order valence-corrected chi connectivity index (χ1v) is 10.8. The average Bonchev–Trinajstić information content (AvgIpc) is 2.65. The summed E-state index contributed by atoms with van der Waals surface area (Å²) in [4.78, 5) is 24.1. The summed E-state index contributed by atoms with van der Waals surface area (Å²) in [6, 6.07) is 5.52. The Morgan fingerprint density at radius 1 is 1.21 bits per heavy atom. The summed E-state index contributed by atoms with van der Waals surface area (Å²) in [5.74, 6) is -1.05. The largest absolute Gasteiger partial charge is 0.449 e. The molecule has 0 unspecified atom stereocenters. The molecule has 0 aromatic heterocycles. The Morgan fingerprint density at radius 3 is 2.32 bits per heavy atom. The molecule has 1 fully saturated rings. The number of rotatable bonds is 7. The minimum atomic E-state index is -3.68. The van der Waals surface area contributed by atoms with Gasteiger partial charge in [-0.25, -0.2) is 13.2 Å². The summed E-state index contributed by atoms with van der Waals surface area (Å²) in [6.45, 7) is 8.13. The Bertz CT molecular complexity index is 783. The van der Waals surface area contributed by atoms with Crippen LogP contribution in [0.5, 0.6) is 0 Å². The first kappa shape index (κ1) is 22.3. The van der Waals surface area contributed by atoms with Crippen LogP contribution in [0.1, 0.15) is 44.5 Å². The molecule has 1 heterocycles. The van der Waals surface area contributed by atoms with Gasteiger partial charge in [0.15, 0.2) is 6.10 Å². The van der Waals surface area contributed by atoms with Crippen molar-refractivity contribution in [1.29, 1.82) is 0 Å². The summed E-state index contributed by atoms with van der Waals surface area (Å²) >= 11 is 0. The van der Waals surface area contributed by atoms with E-state index in [2.05, 4.69) is 5.32 Å². The van der Waals surface area contributed by atoms with E-state index in [1.807, 2.05) is 20.8 Å². The number of ether oxygens (including phenoxy) is 2. The van der Waals surface area contributed by atoms with Gasteiger partial charge in [-0.05, 0) is 51.5 Å². The van der Waals surface area contributed by atoms with E-state index in [4.69, 9.17) is 9.47 Å². The van der Waals surface area contributed by atoms with Gasteiger partial charge in [-0.15, -0.1) is 0 Å². The molecule has 0 bridgehead atoms. The number of esters is 1. The highest BCUT2D eigenvalue weighted by Crippen LogP contribution is 2.21. The SMILES string of the molecule is CCCNC(=O)[C@H](C)OC(=O)c1ccc(S(=O)(=O)N2C[C@H](C)O[C@@H](C)C2)cc1. The lowest BCUT2D eigenvalue weighted by molar-refractivity contribution is -0.129. The van der Waals surface area contributed by atoms with Gasteiger partial charge in [0.2, 0.25) is 10.0 Å². The minimum absolute atomic E-state index is 0.0964. The van der Waals surface area contributed by atoms with Gasteiger partial charge in [-0.3, -0.25) is 4.79 Å². The molecule has 2 rings (SSSR count). The van der Waals surface area contributed by atoms with Crippen LogP contribution in [0.2, 0.25) is 0 Å². The fraction of sp³-hybridized carbons (Fsp3) is 0.579. The summed E-state index contributed by atoms with van der Waals surface area (Å²) in [5, 5.41) is 2.65. The Balaban J connectivity index is 2.06. The molecule has 0 radical (unpaired) electrons. The highest BCUT2D eigenvalue weighted by atomic mass is 32.2. The van der Waals surface area contributed by atoms with Gasteiger partial charge in [-0.1, -0.05) is 6.92 Å². The van der Waals surface area contributed by atoms with Crippen LogP contribution in [-0.4, -0.2) is 62.5 Å². The van der Waals surface area contributed by atoms with Crippen LogP contribution in [0.25, 0.3) is 0 Å². The van der Waals surface area contributed by atoms with Crippen LogP contribution >= 0.6 is 0 Å². The lowest BCUT2D eigenvalue weighted by Crippen LogP contribution is -2.48. The molecule has 9 heteroatoms. The van der Waals surface area contributed by atoms with Gasteiger partial charge >= 0.3 is 5.97 Å². The summed E-state index contributed by atoms with van der Waals surface area (Å²) in [6.07, 6.45) is -0.525. The van der Waals surface area contributed by atoms with E-state index in [-0.39, 0.29) is 41.7 Å². The van der Waals surface area contributed by atoms with Gasteiger partial charge < -0.3 is 14.8 Å². The zero-order valence-electron chi connectivity index (χ0n) is 16.7. The van der Waals surface area contributed by atoms with Crippen molar-refractivity contribution in [2.75, 3.05) is 19.6 Å². The Morgan fingerprint density at radius 2 is 1.79 bits per heavy atom. The fourth-order valence-electron chi connectivity index (χ4n) is 2.91. The Labute approximate surface area is 166 Å². The number of hydrogen-bond acceptors (Lipinski definition) is 6. The molecular formula is C19H28N2O6S. The smallest absolute Gasteiger partial charge is 0.338 e. The number of carbonyl (C=O) groups is 2. The number of carbonyl (C=O) groups excluding carboxylic acids is 2. The number of nitrogens with one attached hydrogen (secondary N) is 1. The van der Waals surface area contributed by atoms with E-state index in [9.17, 15) is 18.0 Å². The summed E-state index contributed by atoms with van der Waals surface area (Å²) < 4.78 is 37.8. The maximum absolute atomic E-state index is 12.8. The Hall–Kier alpha value is -1.97. The van der Waals surface area contributed by atoms with Crippen LogP contribution in [0.3, 0.4) is 0 Å². The quantitative estimate of drug-likeness (QED) is 0.682. The second-order valence-electron chi connectivity index (χ2n) is 6.94. The monoisotopic (exact) mass is 412 g/mol. The molecule has 1 aromatic rings. The van der Waals surface area contributed by atoms with E-state index < -0.39 is 22.1 Å². The molecule has 1 saturated heterocycles. The third-order valence-electron chi connectivity index (χ3n) is 4.32. The van der Waals surface area contributed by atoms with Crippen LogP contribution in [0.4, 0.5) is 0 Å². The second-order valence-corrected chi connectivity index (χ2v) is 8.88. The molecule has 1 amide bonds. The molecule has 0 saturated carbocycles. The Kier molecular flexibility index (Phi) is 7.56. The van der Waals surface area contributed by atoms with Gasteiger partial charge in [0, 0.05) is 19.6 Å². The normalized spacial score (nSPS) is 21.7. The number of benzene rings is 1. The number of sulfonamides is 1. The van der Waals surface area contributed by atoms with Gasteiger partial charge in [0.1, 0.15) is 0 Å². The molecule has 3 atom stereocenters. The van der Waals surface area contributed by atoms with Crippen LogP contribution < -0.4 is 5.32 Å². The predicted molar refractivity (Wildman–Crippen MR) is 103 cm³/mol. The summed E-state index contributed by atoms with van der Waals surface area (Å²) in [5.41, 5.74) is 0.179. The average molecular weight is 413 g/mol. The third kappa shape index (κ3) is 5.52. The first-order chi connectivity index (χ1) is 13.1. The number of nitrogens with zero attached hydrogens (tertiary/aromatic N) is 1. The molecule has 0 spiro atoms. The van der Waals surface area contributed by atoms with Gasteiger partial charge in [0.05, 0.1) is 22.7 Å². The number of amides is 1. The molecule has 8 nitrogen and oxygen atoms in total. The lowest BCUT2D eigenvalue weighted by Gasteiger charge is -2.34. The zero-order valence-corrected chi connectivity index (χ0v) is 17.5. The van der Waals surface area contributed by atoms with Crippen molar-refractivity contribution < 1.29 is 27.5 Å². The molecule has 1 aliphatic rings. The molecule has 1 N–H and O–H groups in total. The van der Waals surface area contributed by atoms with Crippen LogP contribution in [0, 0.1) is 0 Å². The standard InChI is InChI=1S/C19H28N2O6S/c1-5-10-20-18(22)15(4)27-19(23)16-6-8-17(9-7-16)28(24,25)21-11-13(2)26-14(3)12-21/h6-9,13-15H,5,10-12H2,1-4H3,(H,20,22)/t13-,14-,15-/m0/s1. The zero-order chi connectivity index (χ0) is 20.9. The van der Waals surface area contributed by atoms with Crippen molar-refractivity contribution in [2.24, 2.45) is 0 Å². The number of hydrogen-bond donors (Lipinski definition) is 1. The molecule has 156 valence electrons. The van der Waals surface area contributed by atoms with E-state index in [1.165, 1.54) is 35.5 Å². The van der Waals surface area contributed by atoms with Gasteiger partial charge in [0.25, 0.3) is 5.91 Å². The predicted octanol–water partition coefficient (Wildman–Crippen LogP) is 1.56. The molecule has 28 heavy (non-hydrogen) atoms. The highest BCUT2D eigenvalue weighted by Gasteiger charge is 2.32. The first-order valence-electron chi connectivity index (χ1n) is 9.39. The van der Waals surface area contributed by atoms with Crippen molar-refractivity contribution in [3.05, 3.63) is 29.8 Å². The van der Waals surface area contributed by atoms with E-state index in [1.54, 1.807) is 0 Å². The van der Waals surface area contributed by atoms with Crippen molar-refractivity contribution in [2.45, 2.75) is 57.3 Å². The third-order valence-corrected chi connectivity index (χ3v) is 6.16. The maximum Gasteiger partial charge on any atom is 0.338 e. The van der Waals surface area contributed by atoms with Gasteiger partial charge in [-0.2, -0.15) is 4.31 Å². The molecule has 1 aliphatic heterocycles. The molecule has 1 aromatic carbocycles. The van der Waals surface area contributed by atoms with Crippen LogP contribution in [-0.2, 0) is 24.3 Å². The second kappa shape index (κ2) is 9.49. The van der Waals surface area contributed by atoms with E-state index in [0.29, 0.717) is 6.54 Å². The van der Waals surface area contributed by atoms with Crippen molar-refractivity contribution in [3.8, 4) is 0 Å². The minimum Gasteiger partial charge on any atom is -0.449 e. The van der Waals surface area contributed by atoms with Crippen molar-refractivity contribution >= 4 is 21.9 Å². The lowest BCUT2D eigenvalue weighted by atomic mass is 10.2. The number of morpholine rings is 1. The molecular weight excluding hydrogens is 384 g/mol. The topological polar surface area (TPSA) is 102 Å². The van der Waals surface area contributed by atoms with E-state index in [0.717, 1.165) is 6.42 Å². The van der Waals surface area contributed by atoms with Crippen molar-refractivity contribution in [3.63, 3.8) is 0 Å². The fourth-order valence-corrected chi connectivity index (χ4v) is 4.50. The van der Waals surface area contributed by atoms with Crippen LogP contribution in [0.15, 0.2) is 29.2 Å². The highest BCUT2D eigenvalue weighted by molar-refractivity contribution is 7.89. The molecule has 0 aliphatic carbocycles. The maximum atomic E-state index is 12.8.